The second-order valence-corrected chi connectivity index (χ2v) is 11.9. The molecule has 1 aliphatic rings. The molecule has 0 bridgehead atoms. The highest BCUT2D eigenvalue weighted by Gasteiger charge is 2.26. The molecule has 1 atom stereocenters. The summed E-state index contributed by atoms with van der Waals surface area (Å²) in [5.41, 5.74) is 1.08. The van der Waals surface area contributed by atoms with E-state index in [1.165, 1.54) is 24.3 Å². The lowest BCUT2D eigenvalue weighted by atomic mass is 9.96. The maximum atomic E-state index is 12.9. The molecular weight excluding hydrogens is 420 g/mol. The molecule has 2 aromatic carbocycles. The van der Waals surface area contributed by atoms with Crippen LogP contribution in [-0.2, 0) is 19.9 Å². The molecule has 2 aromatic rings. The van der Waals surface area contributed by atoms with Crippen LogP contribution < -0.4 is 4.72 Å². The first-order chi connectivity index (χ1) is 14.2. The van der Waals surface area contributed by atoms with Crippen LogP contribution in [0.4, 0.5) is 0 Å². The minimum absolute atomic E-state index is 0.0233. The van der Waals surface area contributed by atoms with Crippen molar-refractivity contribution < 1.29 is 16.8 Å². The highest BCUT2D eigenvalue weighted by molar-refractivity contribution is 7.91. The number of hydrogen-bond donors (Lipinski definition) is 1. The Kier molecular flexibility index (Phi) is 7.34. The lowest BCUT2D eigenvalue weighted by Crippen LogP contribution is -2.41. The molecule has 1 fully saturated rings. The lowest BCUT2D eigenvalue weighted by molar-refractivity contribution is 0.139. The van der Waals surface area contributed by atoms with Crippen molar-refractivity contribution in [3.05, 3.63) is 60.2 Å². The summed E-state index contributed by atoms with van der Waals surface area (Å²) in [6.07, 6.45) is 2.20. The second kappa shape index (κ2) is 9.60. The topological polar surface area (TPSA) is 83.5 Å². The van der Waals surface area contributed by atoms with Gasteiger partial charge in [0.25, 0.3) is 0 Å². The van der Waals surface area contributed by atoms with Gasteiger partial charge in [0, 0.05) is 12.6 Å². The number of piperidine rings is 1. The fourth-order valence-electron chi connectivity index (χ4n) is 3.74. The van der Waals surface area contributed by atoms with E-state index in [1.54, 1.807) is 6.92 Å². The van der Waals surface area contributed by atoms with Crippen molar-refractivity contribution in [2.45, 2.75) is 42.5 Å². The molecule has 3 rings (SSSR count). The molecule has 0 aliphatic carbocycles. The van der Waals surface area contributed by atoms with Crippen molar-refractivity contribution >= 4 is 19.9 Å². The highest BCUT2D eigenvalue weighted by atomic mass is 32.2. The predicted octanol–water partition coefficient (Wildman–Crippen LogP) is 3.23. The van der Waals surface area contributed by atoms with Crippen molar-refractivity contribution in [1.82, 2.24) is 9.62 Å². The average Bonchev–Trinajstić information content (AvgIpc) is 2.76. The summed E-state index contributed by atoms with van der Waals surface area (Å²) in [5.74, 6) is 0.664. The zero-order valence-corrected chi connectivity index (χ0v) is 19.1. The van der Waals surface area contributed by atoms with Crippen LogP contribution in [0.15, 0.2) is 64.4 Å². The molecule has 0 aromatic heterocycles. The first-order valence-corrected chi connectivity index (χ1v) is 13.5. The molecule has 164 valence electrons. The van der Waals surface area contributed by atoms with Gasteiger partial charge in [0.15, 0.2) is 9.84 Å². The fourth-order valence-corrected chi connectivity index (χ4v) is 5.66. The van der Waals surface area contributed by atoms with Gasteiger partial charge in [-0.15, -0.1) is 0 Å². The van der Waals surface area contributed by atoms with E-state index >= 15 is 0 Å². The standard InChI is InChI=1S/C22H30N2O4S2/c1-3-29(25,26)20-9-11-21(12-10-20)30(27,28)23-17-22(19-7-5-4-6-8-19)24-15-13-18(2)14-16-24/h4-12,18,22-23H,3,13-17H2,1-2H3. The maximum Gasteiger partial charge on any atom is 0.240 e. The van der Waals surface area contributed by atoms with Crippen LogP contribution in [0.25, 0.3) is 0 Å². The number of likely N-dealkylation sites (tertiary alicyclic amines) is 1. The molecule has 0 radical (unpaired) electrons. The zero-order chi connectivity index (χ0) is 21.8. The monoisotopic (exact) mass is 450 g/mol. The van der Waals surface area contributed by atoms with Gasteiger partial charge in [-0.1, -0.05) is 44.2 Å². The van der Waals surface area contributed by atoms with Gasteiger partial charge >= 0.3 is 0 Å². The number of hydrogen-bond acceptors (Lipinski definition) is 5. The van der Waals surface area contributed by atoms with Gasteiger partial charge in [-0.05, 0) is 61.7 Å². The number of benzene rings is 2. The minimum atomic E-state index is -3.75. The van der Waals surface area contributed by atoms with E-state index in [0.717, 1.165) is 31.5 Å². The van der Waals surface area contributed by atoms with Crippen molar-refractivity contribution in [3.63, 3.8) is 0 Å². The Morgan fingerprint density at radius 3 is 2.07 bits per heavy atom. The Balaban J connectivity index is 1.77. The van der Waals surface area contributed by atoms with Crippen LogP contribution >= 0.6 is 0 Å². The third-order valence-corrected chi connectivity index (χ3v) is 8.97. The Hall–Kier alpha value is -1.74. The largest absolute Gasteiger partial charge is 0.295 e. The number of sulfonamides is 1. The zero-order valence-electron chi connectivity index (χ0n) is 17.5. The van der Waals surface area contributed by atoms with Gasteiger partial charge in [0.2, 0.25) is 10.0 Å². The van der Waals surface area contributed by atoms with Crippen molar-refractivity contribution in [2.24, 2.45) is 5.92 Å². The molecule has 1 aliphatic heterocycles. The fraction of sp³-hybridized carbons (Fsp3) is 0.455. The Morgan fingerprint density at radius 1 is 0.933 bits per heavy atom. The van der Waals surface area contributed by atoms with Crippen LogP contribution in [0.5, 0.6) is 0 Å². The summed E-state index contributed by atoms with van der Waals surface area (Å²) in [5, 5.41) is 0. The molecule has 1 saturated heterocycles. The van der Waals surface area contributed by atoms with Crippen LogP contribution in [0, 0.1) is 5.92 Å². The normalized spacial score (nSPS) is 17.7. The summed E-state index contributed by atoms with van der Waals surface area (Å²) < 4.78 is 52.4. The smallest absolute Gasteiger partial charge is 0.240 e. The van der Waals surface area contributed by atoms with E-state index in [4.69, 9.17) is 0 Å². The Labute approximate surface area is 180 Å². The van der Waals surface area contributed by atoms with E-state index in [1.807, 2.05) is 30.3 Å². The van der Waals surface area contributed by atoms with Crippen LogP contribution in [0.2, 0.25) is 0 Å². The third kappa shape index (κ3) is 5.49. The second-order valence-electron chi connectivity index (χ2n) is 7.87. The number of nitrogens with zero attached hydrogens (tertiary/aromatic N) is 1. The molecule has 0 spiro atoms. The molecule has 1 unspecified atom stereocenters. The van der Waals surface area contributed by atoms with E-state index in [-0.39, 0.29) is 28.1 Å². The molecule has 6 nitrogen and oxygen atoms in total. The number of sulfone groups is 1. The maximum absolute atomic E-state index is 12.9. The summed E-state index contributed by atoms with van der Waals surface area (Å²) in [7, 11) is -7.12. The van der Waals surface area contributed by atoms with Crippen molar-refractivity contribution in [1.29, 1.82) is 0 Å². The van der Waals surface area contributed by atoms with E-state index in [9.17, 15) is 16.8 Å². The first kappa shape index (κ1) is 22.9. The van der Waals surface area contributed by atoms with Gasteiger partial charge in [0.05, 0.1) is 15.5 Å². The molecule has 30 heavy (non-hydrogen) atoms. The van der Waals surface area contributed by atoms with Crippen LogP contribution in [-0.4, -0.2) is 47.1 Å². The Bertz CT molecular complexity index is 1030. The van der Waals surface area contributed by atoms with Crippen LogP contribution in [0.3, 0.4) is 0 Å². The first-order valence-electron chi connectivity index (χ1n) is 10.3. The van der Waals surface area contributed by atoms with E-state index in [0.29, 0.717) is 5.92 Å². The molecule has 1 N–H and O–H groups in total. The number of nitrogens with one attached hydrogen (secondary N) is 1. The van der Waals surface area contributed by atoms with Crippen molar-refractivity contribution in [2.75, 3.05) is 25.4 Å². The van der Waals surface area contributed by atoms with Gasteiger partial charge in [0.1, 0.15) is 0 Å². The average molecular weight is 451 g/mol. The summed E-state index contributed by atoms with van der Waals surface area (Å²) in [6.45, 7) is 5.94. The molecule has 8 heteroatoms. The van der Waals surface area contributed by atoms with Gasteiger partial charge in [-0.2, -0.15) is 0 Å². The summed E-state index contributed by atoms with van der Waals surface area (Å²) in [4.78, 5) is 2.54. The minimum Gasteiger partial charge on any atom is -0.295 e. The molecule has 0 saturated carbocycles. The predicted molar refractivity (Wildman–Crippen MR) is 119 cm³/mol. The van der Waals surface area contributed by atoms with Crippen molar-refractivity contribution in [3.8, 4) is 0 Å². The number of rotatable bonds is 8. The van der Waals surface area contributed by atoms with Crippen LogP contribution in [0.1, 0.15) is 38.3 Å². The van der Waals surface area contributed by atoms with E-state index < -0.39 is 19.9 Å². The quantitative estimate of drug-likeness (QED) is 0.668. The van der Waals surface area contributed by atoms with Gasteiger partial charge < -0.3 is 0 Å². The van der Waals surface area contributed by atoms with Gasteiger partial charge in [-0.3, -0.25) is 4.90 Å². The lowest BCUT2D eigenvalue weighted by Gasteiger charge is -2.37. The molecule has 1 heterocycles. The summed E-state index contributed by atoms with van der Waals surface area (Å²) in [6, 6.07) is 15.3. The summed E-state index contributed by atoms with van der Waals surface area (Å²) >= 11 is 0. The van der Waals surface area contributed by atoms with E-state index in [2.05, 4.69) is 16.5 Å². The molecular formula is C22H30N2O4S2. The highest BCUT2D eigenvalue weighted by Crippen LogP contribution is 2.27. The third-order valence-electron chi connectivity index (χ3n) is 5.78. The van der Waals surface area contributed by atoms with Gasteiger partial charge in [-0.25, -0.2) is 21.6 Å². The molecule has 0 amide bonds. The Morgan fingerprint density at radius 2 is 1.50 bits per heavy atom. The SMILES string of the molecule is CCS(=O)(=O)c1ccc(S(=O)(=O)NCC(c2ccccc2)N2CCC(C)CC2)cc1.